The smallest absolute Gasteiger partial charge is 0.325 e. The van der Waals surface area contributed by atoms with Gasteiger partial charge in [0.2, 0.25) is 5.91 Å². The van der Waals surface area contributed by atoms with Crippen LogP contribution in [0.3, 0.4) is 0 Å². The van der Waals surface area contributed by atoms with Gasteiger partial charge in [-0.2, -0.15) is 0 Å². The number of nitrogens with zero attached hydrogens (tertiary/aromatic N) is 1. The minimum Gasteiger partial charge on any atom is -0.508 e. The molecule has 0 unspecified atom stereocenters. The van der Waals surface area contributed by atoms with Crippen LogP contribution in [-0.4, -0.2) is 42.1 Å². The predicted octanol–water partition coefficient (Wildman–Crippen LogP) is 1.35. The molecule has 0 fully saturated rings. The SMILES string of the molecule is CCOC(=O)CN(C)C(=O)CCc1ccccc1O. The third-order valence-corrected chi connectivity index (χ3v) is 2.70. The van der Waals surface area contributed by atoms with Gasteiger partial charge in [0.25, 0.3) is 0 Å². The fraction of sp³-hybridized carbons (Fsp3) is 0.429. The van der Waals surface area contributed by atoms with Crippen molar-refractivity contribution < 1.29 is 19.4 Å². The zero-order valence-electron chi connectivity index (χ0n) is 11.3. The number of benzene rings is 1. The molecule has 0 aromatic heterocycles. The number of aromatic hydroxyl groups is 1. The van der Waals surface area contributed by atoms with Crippen molar-refractivity contribution >= 4 is 11.9 Å². The number of carbonyl (C=O) groups excluding carboxylic acids is 2. The maximum atomic E-state index is 11.8. The molecule has 104 valence electrons. The summed E-state index contributed by atoms with van der Waals surface area (Å²) in [5.74, 6) is -0.388. The minimum atomic E-state index is -0.416. The molecule has 0 aliphatic rings. The van der Waals surface area contributed by atoms with Crippen LogP contribution in [0.1, 0.15) is 18.9 Å². The van der Waals surface area contributed by atoms with Crippen molar-refractivity contribution in [2.45, 2.75) is 19.8 Å². The number of hydrogen-bond donors (Lipinski definition) is 1. The Morgan fingerprint density at radius 2 is 2.00 bits per heavy atom. The van der Waals surface area contributed by atoms with Crippen molar-refractivity contribution in [3.8, 4) is 5.75 Å². The Morgan fingerprint density at radius 1 is 1.32 bits per heavy atom. The summed E-state index contributed by atoms with van der Waals surface area (Å²) in [5.41, 5.74) is 0.723. The number of ether oxygens (including phenoxy) is 1. The van der Waals surface area contributed by atoms with E-state index in [4.69, 9.17) is 4.74 Å². The maximum absolute atomic E-state index is 11.8. The predicted molar refractivity (Wildman–Crippen MR) is 70.7 cm³/mol. The van der Waals surface area contributed by atoms with Crippen molar-refractivity contribution in [2.24, 2.45) is 0 Å². The number of carbonyl (C=O) groups is 2. The Labute approximate surface area is 112 Å². The van der Waals surface area contributed by atoms with Gasteiger partial charge in [-0.25, -0.2) is 0 Å². The Morgan fingerprint density at radius 3 is 2.63 bits per heavy atom. The first-order valence-corrected chi connectivity index (χ1v) is 6.21. The summed E-state index contributed by atoms with van der Waals surface area (Å²) >= 11 is 0. The topological polar surface area (TPSA) is 66.8 Å². The number of aryl methyl sites for hydroxylation is 1. The number of para-hydroxylation sites is 1. The molecule has 0 aliphatic carbocycles. The molecule has 0 aliphatic heterocycles. The average Bonchev–Trinajstić information content (AvgIpc) is 2.37. The molecule has 0 spiro atoms. The summed E-state index contributed by atoms with van der Waals surface area (Å²) in [6, 6.07) is 6.89. The molecule has 1 aromatic carbocycles. The summed E-state index contributed by atoms with van der Waals surface area (Å²) in [7, 11) is 1.56. The van der Waals surface area contributed by atoms with Gasteiger partial charge >= 0.3 is 5.97 Å². The molecule has 1 aromatic rings. The molecule has 0 radical (unpaired) electrons. The van der Waals surface area contributed by atoms with E-state index in [0.717, 1.165) is 5.56 Å². The molecule has 5 nitrogen and oxygen atoms in total. The lowest BCUT2D eigenvalue weighted by atomic mass is 10.1. The molecule has 5 heteroatoms. The summed E-state index contributed by atoms with van der Waals surface area (Å²) in [6.45, 7) is 1.98. The lowest BCUT2D eigenvalue weighted by Crippen LogP contribution is -2.33. The molecule has 0 saturated carbocycles. The normalized spacial score (nSPS) is 10.0. The van der Waals surface area contributed by atoms with E-state index in [1.54, 1.807) is 32.2 Å². The van der Waals surface area contributed by atoms with Gasteiger partial charge in [-0.3, -0.25) is 9.59 Å². The van der Waals surface area contributed by atoms with Crippen LogP contribution in [0.25, 0.3) is 0 Å². The monoisotopic (exact) mass is 265 g/mol. The van der Waals surface area contributed by atoms with E-state index in [2.05, 4.69) is 0 Å². The first-order valence-electron chi connectivity index (χ1n) is 6.21. The fourth-order valence-electron chi connectivity index (χ4n) is 1.64. The van der Waals surface area contributed by atoms with Gasteiger partial charge in [0.05, 0.1) is 6.61 Å². The van der Waals surface area contributed by atoms with E-state index >= 15 is 0 Å². The van der Waals surface area contributed by atoms with Crippen LogP contribution in [0.2, 0.25) is 0 Å². The number of likely N-dealkylation sites (N-methyl/N-ethyl adjacent to an activating group) is 1. The summed E-state index contributed by atoms with van der Waals surface area (Å²) < 4.78 is 4.77. The molecule has 0 atom stereocenters. The van der Waals surface area contributed by atoms with Gasteiger partial charge in [-0.1, -0.05) is 18.2 Å². The maximum Gasteiger partial charge on any atom is 0.325 e. The highest BCUT2D eigenvalue weighted by atomic mass is 16.5. The Balaban J connectivity index is 2.43. The number of hydrogen-bond acceptors (Lipinski definition) is 4. The number of amides is 1. The van der Waals surface area contributed by atoms with Crippen LogP contribution in [0, 0.1) is 0 Å². The van der Waals surface area contributed by atoms with Gasteiger partial charge in [0.15, 0.2) is 0 Å². The van der Waals surface area contributed by atoms with Crippen molar-refractivity contribution in [3.05, 3.63) is 29.8 Å². The molecule has 1 rings (SSSR count). The number of esters is 1. The summed E-state index contributed by atoms with van der Waals surface area (Å²) in [4.78, 5) is 24.4. The first kappa shape index (κ1) is 15.0. The highest BCUT2D eigenvalue weighted by molar-refractivity contribution is 5.82. The molecular formula is C14H19NO4. The van der Waals surface area contributed by atoms with Crippen LogP contribution >= 0.6 is 0 Å². The van der Waals surface area contributed by atoms with Crippen LogP contribution in [0.5, 0.6) is 5.75 Å². The molecule has 0 bridgehead atoms. The lowest BCUT2D eigenvalue weighted by molar-refractivity contribution is -0.148. The fourth-order valence-corrected chi connectivity index (χ4v) is 1.64. The van der Waals surface area contributed by atoms with Gasteiger partial charge in [-0.05, 0) is 25.0 Å². The van der Waals surface area contributed by atoms with E-state index in [1.165, 1.54) is 4.90 Å². The van der Waals surface area contributed by atoms with Crippen LogP contribution in [0.4, 0.5) is 0 Å². The highest BCUT2D eigenvalue weighted by Gasteiger charge is 2.14. The van der Waals surface area contributed by atoms with Crippen LogP contribution in [-0.2, 0) is 20.7 Å². The Hall–Kier alpha value is -2.04. The standard InChI is InChI=1S/C14H19NO4/c1-3-19-14(18)10-15(2)13(17)9-8-11-6-4-5-7-12(11)16/h4-7,16H,3,8-10H2,1-2H3. The van der Waals surface area contributed by atoms with Gasteiger partial charge in [0.1, 0.15) is 12.3 Å². The molecule has 0 saturated heterocycles. The first-order chi connectivity index (χ1) is 9.04. The van der Waals surface area contributed by atoms with Crippen molar-refractivity contribution in [2.75, 3.05) is 20.2 Å². The van der Waals surface area contributed by atoms with Crippen LogP contribution < -0.4 is 0 Å². The van der Waals surface area contributed by atoms with Crippen LogP contribution in [0.15, 0.2) is 24.3 Å². The Kier molecular flexibility index (Phi) is 5.85. The second kappa shape index (κ2) is 7.41. The summed E-state index contributed by atoms with van der Waals surface area (Å²) in [5, 5.41) is 9.58. The third kappa shape index (κ3) is 4.99. The lowest BCUT2D eigenvalue weighted by Gasteiger charge is -2.16. The largest absolute Gasteiger partial charge is 0.508 e. The van der Waals surface area contributed by atoms with Gasteiger partial charge in [0, 0.05) is 13.5 Å². The highest BCUT2D eigenvalue weighted by Crippen LogP contribution is 2.17. The minimum absolute atomic E-state index is 0.0482. The number of phenols is 1. The average molecular weight is 265 g/mol. The van der Waals surface area contributed by atoms with E-state index < -0.39 is 5.97 Å². The number of phenolic OH excluding ortho intramolecular Hbond substituents is 1. The zero-order chi connectivity index (χ0) is 14.3. The van der Waals surface area contributed by atoms with E-state index in [-0.39, 0.29) is 24.6 Å². The second-order valence-corrected chi connectivity index (χ2v) is 4.18. The molecule has 1 amide bonds. The van der Waals surface area contributed by atoms with E-state index in [9.17, 15) is 14.7 Å². The molecular weight excluding hydrogens is 246 g/mol. The Bertz CT molecular complexity index is 445. The second-order valence-electron chi connectivity index (χ2n) is 4.18. The quantitative estimate of drug-likeness (QED) is 0.788. The van der Waals surface area contributed by atoms with E-state index in [0.29, 0.717) is 13.0 Å². The van der Waals surface area contributed by atoms with Crippen molar-refractivity contribution in [3.63, 3.8) is 0 Å². The molecule has 0 heterocycles. The molecule has 1 N–H and O–H groups in total. The number of rotatable bonds is 6. The molecule has 19 heavy (non-hydrogen) atoms. The van der Waals surface area contributed by atoms with Crippen molar-refractivity contribution in [1.29, 1.82) is 0 Å². The van der Waals surface area contributed by atoms with Gasteiger partial charge in [-0.15, -0.1) is 0 Å². The van der Waals surface area contributed by atoms with Crippen molar-refractivity contribution in [1.82, 2.24) is 4.90 Å². The summed E-state index contributed by atoms with van der Waals surface area (Å²) in [6.07, 6.45) is 0.687. The van der Waals surface area contributed by atoms with E-state index in [1.807, 2.05) is 6.07 Å². The zero-order valence-corrected chi connectivity index (χ0v) is 11.3. The van der Waals surface area contributed by atoms with Gasteiger partial charge < -0.3 is 14.7 Å². The third-order valence-electron chi connectivity index (χ3n) is 2.70.